The lowest BCUT2D eigenvalue weighted by atomic mass is 10.1. The molecular weight excluding hydrogens is 272 g/mol. The van der Waals surface area contributed by atoms with Crippen molar-refractivity contribution >= 4 is 12.0 Å². The van der Waals surface area contributed by atoms with Crippen LogP contribution in [0.25, 0.3) is 6.08 Å². The lowest BCUT2D eigenvalue weighted by Gasteiger charge is -2.26. The Morgan fingerprint density at radius 3 is 2.29 bits per heavy atom. The first-order valence-corrected chi connectivity index (χ1v) is 7.48. The average molecular weight is 293 g/mol. The molecule has 1 aliphatic carbocycles. The Morgan fingerprint density at radius 1 is 1.14 bits per heavy atom. The van der Waals surface area contributed by atoms with Crippen molar-refractivity contribution in [2.24, 2.45) is 0 Å². The normalized spacial score (nSPS) is 16.9. The van der Waals surface area contributed by atoms with Gasteiger partial charge < -0.3 is 4.90 Å². The molecule has 4 heteroatoms. The van der Waals surface area contributed by atoms with Gasteiger partial charge in [0, 0.05) is 24.7 Å². The van der Waals surface area contributed by atoms with Gasteiger partial charge in [-0.05, 0) is 31.1 Å². The third kappa shape index (κ3) is 4.13. The number of carbonyl (C=O) groups is 1. The molecule has 114 valence electrons. The summed E-state index contributed by atoms with van der Waals surface area (Å²) in [4.78, 5) is 13.8. The van der Waals surface area contributed by atoms with E-state index in [0.29, 0.717) is 0 Å². The van der Waals surface area contributed by atoms with Gasteiger partial charge in [-0.25, -0.2) is 8.78 Å². The van der Waals surface area contributed by atoms with E-state index in [9.17, 15) is 13.6 Å². The molecule has 0 heterocycles. The van der Waals surface area contributed by atoms with Crippen LogP contribution in [0.15, 0.2) is 24.3 Å². The molecule has 0 saturated heterocycles. The molecule has 1 aromatic carbocycles. The van der Waals surface area contributed by atoms with Crippen LogP contribution in [0.3, 0.4) is 0 Å². The predicted octanol–water partition coefficient (Wildman–Crippen LogP) is 4.16. The summed E-state index contributed by atoms with van der Waals surface area (Å²) in [6, 6.07) is 3.90. The molecular formula is C17H21F2NO. The number of hydrogen-bond acceptors (Lipinski definition) is 1. The molecule has 0 spiro atoms. The van der Waals surface area contributed by atoms with Gasteiger partial charge in [-0.2, -0.15) is 0 Å². The maximum absolute atomic E-state index is 13.5. The first kappa shape index (κ1) is 15.7. The van der Waals surface area contributed by atoms with Crippen LogP contribution in [-0.4, -0.2) is 23.9 Å². The van der Waals surface area contributed by atoms with Crippen LogP contribution < -0.4 is 0 Å². The van der Waals surface area contributed by atoms with Crippen molar-refractivity contribution in [1.82, 2.24) is 4.90 Å². The Balaban J connectivity index is 2.04. The van der Waals surface area contributed by atoms with Crippen molar-refractivity contribution in [3.05, 3.63) is 41.5 Å². The molecule has 21 heavy (non-hydrogen) atoms. The average Bonchev–Trinajstić information content (AvgIpc) is 2.74. The summed E-state index contributed by atoms with van der Waals surface area (Å²) in [7, 11) is 1.76. The van der Waals surface area contributed by atoms with Crippen molar-refractivity contribution in [2.75, 3.05) is 7.05 Å². The van der Waals surface area contributed by atoms with Gasteiger partial charge >= 0.3 is 0 Å². The van der Waals surface area contributed by atoms with E-state index >= 15 is 0 Å². The highest BCUT2D eigenvalue weighted by Crippen LogP contribution is 2.21. The molecule has 0 aromatic heterocycles. The van der Waals surface area contributed by atoms with Crippen LogP contribution in [0.5, 0.6) is 0 Å². The highest BCUT2D eigenvalue weighted by Gasteiger charge is 2.19. The number of likely N-dealkylation sites (N-methyl/N-ethyl adjacent to an activating group) is 1. The Labute approximate surface area is 124 Å². The highest BCUT2D eigenvalue weighted by molar-refractivity contribution is 5.91. The summed E-state index contributed by atoms with van der Waals surface area (Å²) >= 11 is 0. The standard InChI is InChI=1S/C17H21F2NO/c1-20(13-7-4-2-3-5-8-13)17(21)12-11-14-15(18)9-6-10-16(14)19/h6,9-13H,2-5,7-8H2,1H3/b12-11+. The van der Waals surface area contributed by atoms with Crippen molar-refractivity contribution in [1.29, 1.82) is 0 Å². The lowest BCUT2D eigenvalue weighted by molar-refractivity contribution is -0.126. The third-order valence-electron chi connectivity index (χ3n) is 4.11. The minimum Gasteiger partial charge on any atom is -0.339 e. The van der Waals surface area contributed by atoms with E-state index in [1.165, 1.54) is 43.2 Å². The second-order valence-electron chi connectivity index (χ2n) is 5.56. The molecule has 0 aliphatic heterocycles. The molecule has 0 radical (unpaired) electrons. The van der Waals surface area contributed by atoms with E-state index in [0.717, 1.165) is 25.7 Å². The zero-order valence-corrected chi connectivity index (χ0v) is 12.3. The number of carbonyl (C=O) groups excluding carboxylic acids is 1. The Hall–Kier alpha value is -1.71. The minimum atomic E-state index is -0.656. The summed E-state index contributed by atoms with van der Waals surface area (Å²) in [5.74, 6) is -1.52. The van der Waals surface area contributed by atoms with E-state index in [1.807, 2.05) is 0 Å². The summed E-state index contributed by atoms with van der Waals surface area (Å²) in [5, 5.41) is 0. The van der Waals surface area contributed by atoms with Gasteiger partial charge in [-0.3, -0.25) is 4.79 Å². The molecule has 1 saturated carbocycles. The van der Waals surface area contributed by atoms with Crippen LogP contribution in [0.1, 0.15) is 44.1 Å². The molecule has 0 unspecified atom stereocenters. The molecule has 2 rings (SSSR count). The van der Waals surface area contributed by atoms with Crippen molar-refractivity contribution < 1.29 is 13.6 Å². The molecule has 1 aliphatic rings. The highest BCUT2D eigenvalue weighted by atomic mass is 19.1. The van der Waals surface area contributed by atoms with Gasteiger partial charge in [0.25, 0.3) is 0 Å². The zero-order chi connectivity index (χ0) is 15.2. The monoisotopic (exact) mass is 293 g/mol. The van der Waals surface area contributed by atoms with E-state index < -0.39 is 11.6 Å². The molecule has 2 nitrogen and oxygen atoms in total. The van der Waals surface area contributed by atoms with Crippen molar-refractivity contribution in [2.45, 2.75) is 44.6 Å². The summed E-state index contributed by atoms with van der Waals surface area (Å²) in [5.41, 5.74) is -0.167. The molecule has 0 N–H and O–H groups in total. The van der Waals surface area contributed by atoms with Crippen molar-refractivity contribution in [3.8, 4) is 0 Å². The van der Waals surface area contributed by atoms with E-state index in [1.54, 1.807) is 11.9 Å². The van der Waals surface area contributed by atoms with Crippen molar-refractivity contribution in [3.63, 3.8) is 0 Å². The van der Waals surface area contributed by atoms with Gasteiger partial charge in [0.2, 0.25) is 5.91 Å². The fourth-order valence-corrected chi connectivity index (χ4v) is 2.77. The SMILES string of the molecule is CN(C(=O)/C=C/c1c(F)cccc1F)C1CCCCCC1. The van der Waals surface area contributed by atoms with Crippen LogP contribution >= 0.6 is 0 Å². The minimum absolute atomic E-state index is 0.167. The zero-order valence-electron chi connectivity index (χ0n) is 12.3. The number of hydrogen-bond donors (Lipinski definition) is 0. The van der Waals surface area contributed by atoms with Crippen LogP contribution in [0.4, 0.5) is 8.78 Å². The molecule has 0 bridgehead atoms. The lowest BCUT2D eigenvalue weighted by Crippen LogP contribution is -2.35. The van der Waals surface area contributed by atoms with Gasteiger partial charge in [-0.15, -0.1) is 0 Å². The fraction of sp³-hybridized carbons (Fsp3) is 0.471. The predicted molar refractivity (Wildman–Crippen MR) is 79.7 cm³/mol. The van der Waals surface area contributed by atoms with Crippen LogP contribution in [0.2, 0.25) is 0 Å². The Morgan fingerprint density at radius 2 is 1.71 bits per heavy atom. The maximum Gasteiger partial charge on any atom is 0.246 e. The second-order valence-corrected chi connectivity index (χ2v) is 5.56. The molecule has 1 aromatic rings. The van der Waals surface area contributed by atoms with Gasteiger partial charge in [0.1, 0.15) is 11.6 Å². The molecule has 1 amide bonds. The first-order valence-electron chi connectivity index (χ1n) is 7.48. The van der Waals surface area contributed by atoms with Gasteiger partial charge in [0.15, 0.2) is 0 Å². The quantitative estimate of drug-likeness (QED) is 0.605. The number of benzene rings is 1. The number of amides is 1. The summed E-state index contributed by atoms with van der Waals surface area (Å²) in [6.45, 7) is 0. The van der Waals surface area contributed by atoms with Crippen LogP contribution in [0, 0.1) is 11.6 Å². The van der Waals surface area contributed by atoms with E-state index in [4.69, 9.17) is 0 Å². The third-order valence-corrected chi connectivity index (χ3v) is 4.11. The Bertz CT molecular complexity index is 499. The fourth-order valence-electron chi connectivity index (χ4n) is 2.77. The van der Waals surface area contributed by atoms with Gasteiger partial charge in [0.05, 0.1) is 0 Å². The second kappa shape index (κ2) is 7.34. The number of nitrogens with zero attached hydrogens (tertiary/aromatic N) is 1. The molecule has 0 atom stereocenters. The number of halogens is 2. The Kier molecular flexibility index (Phi) is 5.48. The summed E-state index contributed by atoms with van der Waals surface area (Å²) < 4.78 is 27.0. The number of rotatable bonds is 3. The summed E-state index contributed by atoms with van der Waals surface area (Å²) in [6.07, 6.45) is 9.19. The van der Waals surface area contributed by atoms with E-state index in [2.05, 4.69) is 0 Å². The first-order chi connectivity index (χ1) is 10.1. The largest absolute Gasteiger partial charge is 0.339 e. The van der Waals surface area contributed by atoms with Crippen LogP contribution in [-0.2, 0) is 4.79 Å². The van der Waals surface area contributed by atoms with Gasteiger partial charge in [-0.1, -0.05) is 31.7 Å². The van der Waals surface area contributed by atoms with E-state index in [-0.39, 0.29) is 17.5 Å². The maximum atomic E-state index is 13.5. The molecule has 1 fully saturated rings. The topological polar surface area (TPSA) is 20.3 Å². The smallest absolute Gasteiger partial charge is 0.246 e.